The Kier molecular flexibility index (Phi) is 8.59. The minimum Gasteiger partial charge on any atom is -0.456 e. The first-order valence-electron chi connectivity index (χ1n) is 24.0. The molecular formula is C66H38N4O. The molecule has 0 fully saturated rings. The average molecular weight is 903 g/mol. The zero-order valence-electron chi connectivity index (χ0n) is 38.1. The molecule has 0 aliphatic heterocycles. The van der Waals surface area contributed by atoms with Gasteiger partial charge in [0, 0.05) is 54.7 Å². The van der Waals surface area contributed by atoms with Gasteiger partial charge in [0.15, 0.2) is 17.5 Å². The van der Waals surface area contributed by atoms with E-state index in [0.29, 0.717) is 17.5 Å². The third kappa shape index (κ3) is 6.13. The molecule has 0 atom stereocenters. The van der Waals surface area contributed by atoms with E-state index in [0.717, 1.165) is 98.8 Å². The Morgan fingerprint density at radius 1 is 0.268 bits per heavy atom. The van der Waals surface area contributed by atoms with Gasteiger partial charge < -0.3 is 4.42 Å². The summed E-state index contributed by atoms with van der Waals surface area (Å²) in [5, 5.41) is 17.3. The lowest BCUT2D eigenvalue weighted by atomic mass is 9.87. The summed E-state index contributed by atoms with van der Waals surface area (Å²) in [5.74, 6) is 1.80. The van der Waals surface area contributed by atoms with E-state index in [9.17, 15) is 0 Å². The standard InChI is InChI=1S/C66H38N4O/c1-2-17-39(18-3-1)64-68-65(70-66(69-64)55-36-40-19-4-5-22-44(40)45-23-6-11-28-50(45)55)43-21-16-20-42(35-43)63-56-38-59-62(53-30-13-15-32-58(53)71-59)60(61(56)52-29-12-14-31-57(52)67-63)41-33-34-51-48-26-8-7-24-46(48)47-25-9-10-27-49(47)54(51)37-41/h1-38H. The van der Waals surface area contributed by atoms with Crippen LogP contribution in [0.5, 0.6) is 0 Å². The predicted molar refractivity (Wildman–Crippen MR) is 295 cm³/mol. The third-order valence-electron chi connectivity index (χ3n) is 14.4. The smallest absolute Gasteiger partial charge is 0.164 e. The van der Waals surface area contributed by atoms with Crippen LogP contribution < -0.4 is 0 Å². The fraction of sp³-hybridized carbons (Fsp3) is 0. The molecule has 0 saturated carbocycles. The second kappa shape index (κ2) is 15.5. The molecule has 12 aromatic carbocycles. The third-order valence-corrected chi connectivity index (χ3v) is 14.4. The molecule has 0 spiro atoms. The number of furan rings is 1. The van der Waals surface area contributed by atoms with E-state index in [1.54, 1.807) is 0 Å². The van der Waals surface area contributed by atoms with E-state index < -0.39 is 0 Å². The molecule has 15 rings (SSSR count). The van der Waals surface area contributed by atoms with Crippen molar-refractivity contribution < 1.29 is 4.42 Å². The van der Waals surface area contributed by atoms with Crippen LogP contribution in [0.15, 0.2) is 235 Å². The van der Waals surface area contributed by atoms with Crippen LogP contribution in [0.2, 0.25) is 0 Å². The molecule has 5 heteroatoms. The van der Waals surface area contributed by atoms with Gasteiger partial charge in [-0.05, 0) is 95.8 Å². The van der Waals surface area contributed by atoms with Crippen LogP contribution in [0.25, 0.3) is 154 Å². The Bertz CT molecular complexity index is 4680. The Morgan fingerprint density at radius 2 is 0.817 bits per heavy atom. The van der Waals surface area contributed by atoms with Crippen LogP contribution in [0, 0.1) is 0 Å². The number of fused-ring (bicyclic) bond motifs is 15. The minimum atomic E-state index is 0.578. The lowest BCUT2D eigenvalue weighted by Gasteiger charge is -2.17. The molecule has 3 aromatic heterocycles. The SMILES string of the molecule is c1ccc(-c2nc(-c3cccc(-c4nc5ccccc5c5c(-c6ccc7c8ccccc8c8ccccc8c7c6)c6c(cc45)oc4ccccc46)c3)nc(-c3cc4ccccc4c4ccccc34)n2)cc1. The van der Waals surface area contributed by atoms with Crippen molar-refractivity contribution >= 4 is 97.5 Å². The molecule has 0 aliphatic rings. The van der Waals surface area contributed by atoms with Crippen molar-refractivity contribution in [1.29, 1.82) is 0 Å². The molecule has 0 saturated heterocycles. The minimum absolute atomic E-state index is 0.578. The molecule has 15 aromatic rings. The summed E-state index contributed by atoms with van der Waals surface area (Å²) in [4.78, 5) is 21.3. The molecule has 5 nitrogen and oxygen atoms in total. The zero-order valence-corrected chi connectivity index (χ0v) is 38.1. The maximum Gasteiger partial charge on any atom is 0.164 e. The highest BCUT2D eigenvalue weighted by atomic mass is 16.3. The second-order valence-corrected chi connectivity index (χ2v) is 18.4. The van der Waals surface area contributed by atoms with Crippen LogP contribution >= 0.6 is 0 Å². The average Bonchev–Trinajstić information content (AvgIpc) is 3.82. The first kappa shape index (κ1) is 39.4. The van der Waals surface area contributed by atoms with Crippen LogP contribution in [-0.4, -0.2) is 19.9 Å². The van der Waals surface area contributed by atoms with E-state index >= 15 is 0 Å². The summed E-state index contributed by atoms with van der Waals surface area (Å²) >= 11 is 0. The van der Waals surface area contributed by atoms with Gasteiger partial charge in [0.05, 0.1) is 11.2 Å². The molecular weight excluding hydrogens is 865 g/mol. The molecule has 0 unspecified atom stereocenters. The molecule has 71 heavy (non-hydrogen) atoms. The van der Waals surface area contributed by atoms with Gasteiger partial charge in [-0.3, -0.25) is 0 Å². The molecule has 0 radical (unpaired) electrons. The highest BCUT2D eigenvalue weighted by Crippen LogP contribution is 2.48. The van der Waals surface area contributed by atoms with Crippen molar-refractivity contribution in [2.75, 3.05) is 0 Å². The van der Waals surface area contributed by atoms with E-state index in [1.165, 1.54) is 37.7 Å². The highest BCUT2D eigenvalue weighted by molar-refractivity contribution is 6.30. The van der Waals surface area contributed by atoms with E-state index in [4.69, 9.17) is 24.4 Å². The fourth-order valence-electron chi connectivity index (χ4n) is 11.3. The summed E-state index contributed by atoms with van der Waals surface area (Å²) in [6, 6.07) is 81.6. The van der Waals surface area contributed by atoms with Gasteiger partial charge in [-0.15, -0.1) is 0 Å². The molecule has 0 aliphatic carbocycles. The number of hydrogen-bond donors (Lipinski definition) is 0. The molecule has 328 valence electrons. The normalized spacial score (nSPS) is 11.9. The topological polar surface area (TPSA) is 64.7 Å². The van der Waals surface area contributed by atoms with Crippen LogP contribution in [0.3, 0.4) is 0 Å². The van der Waals surface area contributed by atoms with Gasteiger partial charge in [-0.1, -0.05) is 194 Å². The Labute approximate surface area is 407 Å². The molecule has 0 amide bonds. The van der Waals surface area contributed by atoms with Gasteiger partial charge >= 0.3 is 0 Å². The van der Waals surface area contributed by atoms with E-state index in [1.807, 2.05) is 24.3 Å². The largest absolute Gasteiger partial charge is 0.456 e. The Hall–Kier alpha value is -9.58. The van der Waals surface area contributed by atoms with Crippen molar-refractivity contribution in [1.82, 2.24) is 19.9 Å². The van der Waals surface area contributed by atoms with E-state index in [-0.39, 0.29) is 0 Å². The van der Waals surface area contributed by atoms with Crippen LogP contribution in [0.1, 0.15) is 0 Å². The van der Waals surface area contributed by atoms with E-state index in [2.05, 4.69) is 206 Å². The van der Waals surface area contributed by atoms with Crippen molar-refractivity contribution in [2.24, 2.45) is 0 Å². The number of hydrogen-bond acceptors (Lipinski definition) is 5. The van der Waals surface area contributed by atoms with Crippen molar-refractivity contribution in [3.63, 3.8) is 0 Å². The first-order chi connectivity index (χ1) is 35.2. The Balaban J connectivity index is 0.997. The first-order valence-corrected chi connectivity index (χ1v) is 24.0. The van der Waals surface area contributed by atoms with Crippen LogP contribution in [0.4, 0.5) is 0 Å². The summed E-state index contributed by atoms with van der Waals surface area (Å²) in [6.07, 6.45) is 0. The summed E-state index contributed by atoms with van der Waals surface area (Å²) in [7, 11) is 0. The lowest BCUT2D eigenvalue weighted by molar-refractivity contribution is 0.669. The quantitative estimate of drug-likeness (QED) is 0.161. The maximum absolute atomic E-state index is 6.85. The summed E-state index contributed by atoms with van der Waals surface area (Å²) in [6.45, 7) is 0. The van der Waals surface area contributed by atoms with Crippen molar-refractivity contribution in [2.45, 2.75) is 0 Å². The number of rotatable bonds is 5. The molecule has 0 bridgehead atoms. The maximum atomic E-state index is 6.85. The fourth-order valence-corrected chi connectivity index (χ4v) is 11.3. The number of benzene rings is 12. The lowest BCUT2D eigenvalue weighted by Crippen LogP contribution is -2.01. The number of aromatic nitrogens is 4. The highest BCUT2D eigenvalue weighted by Gasteiger charge is 2.24. The van der Waals surface area contributed by atoms with Gasteiger partial charge in [0.1, 0.15) is 11.2 Å². The molecule has 3 heterocycles. The van der Waals surface area contributed by atoms with Gasteiger partial charge in [0.25, 0.3) is 0 Å². The van der Waals surface area contributed by atoms with Gasteiger partial charge in [-0.25, -0.2) is 19.9 Å². The zero-order chi connectivity index (χ0) is 46.6. The predicted octanol–water partition coefficient (Wildman–Crippen LogP) is 17.6. The number of pyridine rings is 1. The second-order valence-electron chi connectivity index (χ2n) is 18.4. The summed E-state index contributed by atoms with van der Waals surface area (Å²) in [5.41, 5.74) is 9.31. The number of nitrogens with zero attached hydrogens (tertiary/aromatic N) is 4. The van der Waals surface area contributed by atoms with Gasteiger partial charge in [-0.2, -0.15) is 0 Å². The molecule has 0 N–H and O–H groups in total. The summed E-state index contributed by atoms with van der Waals surface area (Å²) < 4.78 is 6.85. The van der Waals surface area contributed by atoms with Crippen molar-refractivity contribution in [3.05, 3.63) is 231 Å². The van der Waals surface area contributed by atoms with Crippen molar-refractivity contribution in [3.8, 4) is 56.5 Å². The monoisotopic (exact) mass is 902 g/mol. The van der Waals surface area contributed by atoms with Gasteiger partial charge in [0.2, 0.25) is 0 Å². The Morgan fingerprint density at radius 3 is 1.58 bits per heavy atom. The van der Waals surface area contributed by atoms with Crippen LogP contribution in [-0.2, 0) is 0 Å². The number of para-hydroxylation sites is 2.